The minimum absolute atomic E-state index is 0.206. The van der Waals surface area contributed by atoms with E-state index in [-0.39, 0.29) is 10.7 Å². The summed E-state index contributed by atoms with van der Waals surface area (Å²) < 4.78 is 25.0. The van der Waals surface area contributed by atoms with E-state index in [0.29, 0.717) is 6.42 Å². The van der Waals surface area contributed by atoms with Gasteiger partial charge in [-0.2, -0.15) is 0 Å². The van der Waals surface area contributed by atoms with E-state index in [1.54, 1.807) is 6.92 Å². The van der Waals surface area contributed by atoms with Crippen LogP contribution in [0.5, 0.6) is 0 Å². The number of nitrogens with one attached hydrogen (secondary N) is 1. The Bertz CT molecular complexity index is 239. The molecule has 1 atom stereocenters. The van der Waals surface area contributed by atoms with Crippen molar-refractivity contribution in [3.05, 3.63) is 0 Å². The van der Waals surface area contributed by atoms with E-state index >= 15 is 0 Å². The molecule has 0 spiro atoms. The molecule has 0 aliphatic rings. The first-order valence-electron chi connectivity index (χ1n) is 4.61. The lowest BCUT2D eigenvalue weighted by molar-refractivity contribution is 0.363. The Hall–Kier alpha value is -0.0900. The molecule has 80 valence electrons. The molecule has 0 aliphatic carbocycles. The van der Waals surface area contributed by atoms with Crippen molar-refractivity contribution < 1.29 is 8.42 Å². The molecule has 13 heavy (non-hydrogen) atoms. The minimum atomic E-state index is -3.07. The van der Waals surface area contributed by atoms with Gasteiger partial charge in [0, 0.05) is 0 Å². The van der Waals surface area contributed by atoms with Crippen LogP contribution in [-0.2, 0) is 10.0 Å². The second kappa shape index (κ2) is 4.42. The lowest BCUT2D eigenvalue weighted by Gasteiger charge is -2.20. The zero-order chi connectivity index (χ0) is 10.7. The maximum Gasteiger partial charge on any atom is 0.213 e. The molecule has 0 heterocycles. The van der Waals surface area contributed by atoms with E-state index in [1.165, 1.54) is 7.05 Å². The Morgan fingerprint density at radius 3 is 2.08 bits per heavy atom. The maximum absolute atomic E-state index is 11.3. The molecule has 4 heteroatoms. The first-order chi connectivity index (χ1) is 5.69. The first kappa shape index (κ1) is 12.9. The van der Waals surface area contributed by atoms with Crippen molar-refractivity contribution in [1.29, 1.82) is 0 Å². The molecule has 0 bridgehead atoms. The predicted octanol–water partition coefficient (Wildman–Crippen LogP) is 1.75. The zero-order valence-electron chi connectivity index (χ0n) is 9.22. The third kappa shape index (κ3) is 5.26. The predicted molar refractivity (Wildman–Crippen MR) is 56.1 cm³/mol. The van der Waals surface area contributed by atoms with Gasteiger partial charge in [-0.05, 0) is 32.2 Å². The largest absolute Gasteiger partial charge is 0.218 e. The summed E-state index contributed by atoms with van der Waals surface area (Å²) in [6, 6.07) is 0. The van der Waals surface area contributed by atoms with Crippen LogP contribution in [0.3, 0.4) is 0 Å². The molecule has 3 nitrogen and oxygen atoms in total. The molecule has 0 saturated heterocycles. The average Bonchev–Trinajstić information content (AvgIpc) is 1.98. The third-order valence-corrected chi connectivity index (χ3v) is 3.98. The highest BCUT2D eigenvalue weighted by molar-refractivity contribution is 7.90. The Kier molecular flexibility index (Phi) is 4.39. The van der Waals surface area contributed by atoms with Gasteiger partial charge in [-0.1, -0.05) is 20.8 Å². The molecule has 1 unspecified atom stereocenters. The van der Waals surface area contributed by atoms with Crippen LogP contribution in [-0.4, -0.2) is 20.7 Å². The van der Waals surface area contributed by atoms with Crippen LogP contribution in [0.15, 0.2) is 0 Å². The highest BCUT2D eigenvalue weighted by Gasteiger charge is 2.21. The molecule has 0 aromatic heterocycles. The minimum Gasteiger partial charge on any atom is -0.218 e. The molecule has 0 rings (SSSR count). The summed E-state index contributed by atoms with van der Waals surface area (Å²) in [6.07, 6.45) is 1.64. The number of sulfonamides is 1. The maximum atomic E-state index is 11.3. The van der Waals surface area contributed by atoms with Crippen molar-refractivity contribution in [2.24, 2.45) is 5.41 Å². The van der Waals surface area contributed by atoms with Gasteiger partial charge >= 0.3 is 0 Å². The van der Waals surface area contributed by atoms with Crippen molar-refractivity contribution in [1.82, 2.24) is 4.72 Å². The van der Waals surface area contributed by atoms with Crippen molar-refractivity contribution in [3.8, 4) is 0 Å². The van der Waals surface area contributed by atoms with E-state index in [1.807, 2.05) is 0 Å². The van der Waals surface area contributed by atoms with Crippen LogP contribution in [0.2, 0.25) is 0 Å². The lowest BCUT2D eigenvalue weighted by Crippen LogP contribution is -2.30. The van der Waals surface area contributed by atoms with Gasteiger partial charge in [0.05, 0.1) is 5.25 Å². The van der Waals surface area contributed by atoms with Crippen molar-refractivity contribution in [2.75, 3.05) is 7.05 Å². The topological polar surface area (TPSA) is 46.2 Å². The van der Waals surface area contributed by atoms with Gasteiger partial charge in [-0.15, -0.1) is 0 Å². The zero-order valence-corrected chi connectivity index (χ0v) is 10.0. The SMILES string of the molecule is CNS(=O)(=O)C(C)CCC(C)(C)C. The molecular formula is C9H21NO2S. The van der Waals surface area contributed by atoms with Crippen molar-refractivity contribution >= 4 is 10.0 Å². The molecule has 0 aromatic rings. The number of hydrogen-bond donors (Lipinski definition) is 1. The van der Waals surface area contributed by atoms with Gasteiger partial charge in [-0.25, -0.2) is 13.1 Å². The van der Waals surface area contributed by atoms with E-state index < -0.39 is 10.0 Å². The van der Waals surface area contributed by atoms with Crippen molar-refractivity contribution in [2.45, 2.75) is 45.8 Å². The second-order valence-corrected chi connectivity index (χ2v) is 6.96. The van der Waals surface area contributed by atoms with Crippen LogP contribution < -0.4 is 4.72 Å². The first-order valence-corrected chi connectivity index (χ1v) is 6.16. The lowest BCUT2D eigenvalue weighted by atomic mass is 9.90. The summed E-state index contributed by atoms with van der Waals surface area (Å²) in [4.78, 5) is 0. The van der Waals surface area contributed by atoms with E-state index in [0.717, 1.165) is 6.42 Å². The number of rotatable bonds is 4. The number of hydrogen-bond acceptors (Lipinski definition) is 2. The molecule has 0 aliphatic heterocycles. The highest BCUT2D eigenvalue weighted by Crippen LogP contribution is 2.23. The van der Waals surface area contributed by atoms with Gasteiger partial charge in [0.15, 0.2) is 0 Å². The molecule has 0 aromatic carbocycles. The van der Waals surface area contributed by atoms with Crippen LogP contribution in [0.1, 0.15) is 40.5 Å². The standard InChI is InChI=1S/C9H21NO2S/c1-8(13(11,12)10-5)6-7-9(2,3)4/h8,10H,6-7H2,1-5H3. The molecule has 0 saturated carbocycles. The van der Waals surface area contributed by atoms with Gasteiger partial charge in [0.2, 0.25) is 10.0 Å². The Balaban J connectivity index is 4.11. The molecule has 0 radical (unpaired) electrons. The summed E-state index contributed by atoms with van der Waals surface area (Å²) in [5, 5.41) is -0.295. The fourth-order valence-corrected chi connectivity index (χ4v) is 1.82. The summed E-state index contributed by atoms with van der Waals surface area (Å²) in [5.74, 6) is 0. The second-order valence-electron chi connectivity index (χ2n) is 4.66. The van der Waals surface area contributed by atoms with Crippen LogP contribution >= 0.6 is 0 Å². The Morgan fingerprint density at radius 1 is 1.31 bits per heavy atom. The Labute approximate surface area is 82.0 Å². The van der Waals surface area contributed by atoms with Crippen LogP contribution in [0.25, 0.3) is 0 Å². The van der Waals surface area contributed by atoms with E-state index in [9.17, 15) is 8.42 Å². The molecule has 1 N–H and O–H groups in total. The quantitative estimate of drug-likeness (QED) is 0.763. The Morgan fingerprint density at radius 2 is 1.77 bits per heavy atom. The molecule has 0 fully saturated rings. The summed E-state index contributed by atoms with van der Waals surface area (Å²) in [7, 11) is -1.61. The average molecular weight is 207 g/mol. The van der Waals surface area contributed by atoms with Gasteiger partial charge in [-0.3, -0.25) is 0 Å². The van der Waals surface area contributed by atoms with E-state index in [2.05, 4.69) is 25.5 Å². The van der Waals surface area contributed by atoms with Crippen molar-refractivity contribution in [3.63, 3.8) is 0 Å². The molecule has 0 amide bonds. The summed E-state index contributed by atoms with van der Waals surface area (Å²) in [5.41, 5.74) is 0.206. The fourth-order valence-electron chi connectivity index (χ4n) is 0.993. The smallest absolute Gasteiger partial charge is 0.213 e. The monoisotopic (exact) mass is 207 g/mol. The van der Waals surface area contributed by atoms with E-state index in [4.69, 9.17) is 0 Å². The highest BCUT2D eigenvalue weighted by atomic mass is 32.2. The van der Waals surface area contributed by atoms with Gasteiger partial charge < -0.3 is 0 Å². The fraction of sp³-hybridized carbons (Fsp3) is 1.00. The third-order valence-electron chi connectivity index (χ3n) is 2.12. The summed E-state index contributed by atoms with van der Waals surface area (Å²) >= 11 is 0. The van der Waals surface area contributed by atoms with Gasteiger partial charge in [0.1, 0.15) is 0 Å². The van der Waals surface area contributed by atoms with Gasteiger partial charge in [0.25, 0.3) is 0 Å². The van der Waals surface area contributed by atoms with Crippen LogP contribution in [0.4, 0.5) is 0 Å². The molecular weight excluding hydrogens is 186 g/mol. The normalized spacial score (nSPS) is 15.8. The summed E-state index contributed by atoms with van der Waals surface area (Å²) in [6.45, 7) is 8.10. The van der Waals surface area contributed by atoms with Crippen LogP contribution in [0, 0.1) is 5.41 Å².